The van der Waals surface area contributed by atoms with Crippen LogP contribution < -0.4 is 5.56 Å². The number of hydrogen-bond acceptors (Lipinski definition) is 4. The van der Waals surface area contributed by atoms with Crippen molar-refractivity contribution in [2.75, 3.05) is 6.61 Å². The molecule has 0 aliphatic rings. The fourth-order valence-electron chi connectivity index (χ4n) is 0.829. The zero-order valence-electron chi connectivity index (χ0n) is 6.32. The zero-order chi connectivity index (χ0) is 9.30. The average Bonchev–Trinajstić information content (AvgIpc) is 2.26. The van der Waals surface area contributed by atoms with Crippen molar-refractivity contribution in [1.29, 1.82) is 0 Å². The lowest BCUT2D eigenvalue weighted by molar-refractivity contribution is 0.0949. The van der Waals surface area contributed by atoms with Crippen molar-refractivity contribution in [3.63, 3.8) is 0 Å². The van der Waals surface area contributed by atoms with Crippen molar-refractivity contribution in [3.05, 3.63) is 20.3 Å². The highest BCUT2D eigenvalue weighted by atomic mass is 35.5. The molecule has 0 aliphatic heterocycles. The van der Waals surface area contributed by atoms with E-state index in [-0.39, 0.29) is 15.5 Å². The number of hydrogen-bond donors (Lipinski definition) is 2. The van der Waals surface area contributed by atoms with Crippen LogP contribution in [-0.2, 0) is 7.05 Å². The molecule has 0 saturated carbocycles. The highest BCUT2D eigenvalue weighted by molar-refractivity contribution is 7.11. The molecule has 1 unspecified atom stereocenters. The van der Waals surface area contributed by atoms with Gasteiger partial charge in [-0.1, -0.05) is 11.6 Å². The molecular formula is C6H8ClNO3S. The zero-order valence-corrected chi connectivity index (χ0v) is 7.89. The Morgan fingerprint density at radius 3 is 2.67 bits per heavy atom. The van der Waals surface area contributed by atoms with Crippen molar-refractivity contribution in [2.45, 2.75) is 6.10 Å². The number of aliphatic hydroxyl groups excluding tert-OH is 2. The third-order valence-corrected chi connectivity index (χ3v) is 2.68. The monoisotopic (exact) mass is 209 g/mol. The first-order valence-electron chi connectivity index (χ1n) is 3.22. The molecule has 0 amide bonds. The van der Waals surface area contributed by atoms with Gasteiger partial charge in [0.25, 0.3) is 5.56 Å². The Bertz CT molecular complexity index is 332. The second-order valence-corrected chi connectivity index (χ2v) is 4.02. The van der Waals surface area contributed by atoms with Crippen LogP contribution >= 0.6 is 23.1 Å². The fraction of sp³-hybridized carbons (Fsp3) is 0.500. The molecule has 4 nitrogen and oxygen atoms in total. The smallest absolute Gasteiger partial charge is 0.267 e. The van der Waals surface area contributed by atoms with Gasteiger partial charge in [-0.15, -0.1) is 0 Å². The first-order chi connectivity index (χ1) is 5.57. The molecule has 6 heteroatoms. The maximum Gasteiger partial charge on any atom is 0.267 e. The van der Waals surface area contributed by atoms with E-state index in [1.165, 1.54) is 3.96 Å². The van der Waals surface area contributed by atoms with Crippen LogP contribution in [0.4, 0.5) is 0 Å². The summed E-state index contributed by atoms with van der Waals surface area (Å²) in [5.74, 6) is 0. The first kappa shape index (κ1) is 9.73. The molecule has 0 fully saturated rings. The Balaban J connectivity index is 3.22. The minimum atomic E-state index is -1.18. The summed E-state index contributed by atoms with van der Waals surface area (Å²) in [5.41, 5.74) is -0.279. The van der Waals surface area contributed by atoms with Crippen molar-refractivity contribution in [1.82, 2.24) is 3.96 Å². The second-order valence-electron chi connectivity index (χ2n) is 2.28. The number of halogens is 1. The van der Waals surface area contributed by atoms with Crippen molar-refractivity contribution < 1.29 is 10.2 Å². The van der Waals surface area contributed by atoms with E-state index in [0.717, 1.165) is 11.5 Å². The maximum atomic E-state index is 11.2. The molecule has 0 saturated heterocycles. The van der Waals surface area contributed by atoms with Gasteiger partial charge >= 0.3 is 0 Å². The maximum absolute atomic E-state index is 11.2. The molecule has 1 atom stereocenters. The highest BCUT2D eigenvalue weighted by Gasteiger charge is 2.18. The summed E-state index contributed by atoms with van der Waals surface area (Å²) < 4.78 is 1.53. The van der Waals surface area contributed by atoms with Gasteiger partial charge in [0.1, 0.15) is 10.4 Å². The van der Waals surface area contributed by atoms with E-state index >= 15 is 0 Å². The molecule has 0 aromatic carbocycles. The van der Waals surface area contributed by atoms with E-state index in [9.17, 15) is 4.79 Å². The van der Waals surface area contributed by atoms with E-state index in [4.69, 9.17) is 21.8 Å². The van der Waals surface area contributed by atoms with Crippen LogP contribution in [0.25, 0.3) is 0 Å². The van der Waals surface area contributed by atoms with Gasteiger partial charge in [0.15, 0.2) is 0 Å². The Labute approximate surface area is 77.8 Å². The lowest BCUT2D eigenvalue weighted by Gasteiger charge is -2.01. The standard InChI is InChI=1S/C6H8ClNO3S/c1-8-6(11)4(3(10)2-9)5(7)12-8/h3,9-10H,2H2,1H3. The molecule has 0 aliphatic carbocycles. The summed E-state index contributed by atoms with van der Waals surface area (Å²) in [6, 6.07) is 0. The summed E-state index contributed by atoms with van der Waals surface area (Å²) >= 11 is 6.69. The third-order valence-electron chi connectivity index (χ3n) is 1.45. The molecule has 1 heterocycles. The predicted octanol–water partition coefficient (Wildman–Crippen LogP) is 0.126. The molecule has 2 N–H and O–H groups in total. The van der Waals surface area contributed by atoms with Crippen LogP contribution in [0.1, 0.15) is 11.7 Å². The van der Waals surface area contributed by atoms with Crippen LogP contribution in [0.3, 0.4) is 0 Å². The van der Waals surface area contributed by atoms with Gasteiger partial charge in [0, 0.05) is 7.05 Å². The Kier molecular flexibility index (Phi) is 2.89. The summed E-state index contributed by atoms with van der Waals surface area (Å²) in [6.45, 7) is -0.494. The molecule has 1 rings (SSSR count). The second kappa shape index (κ2) is 3.57. The van der Waals surface area contributed by atoms with Gasteiger partial charge in [-0.05, 0) is 11.5 Å². The molecule has 68 valence electrons. The predicted molar refractivity (Wildman–Crippen MR) is 46.6 cm³/mol. The number of aryl methyl sites for hydroxylation is 1. The lowest BCUT2D eigenvalue weighted by atomic mass is 10.2. The van der Waals surface area contributed by atoms with Crippen LogP contribution in [-0.4, -0.2) is 20.8 Å². The van der Waals surface area contributed by atoms with Gasteiger partial charge in [-0.3, -0.25) is 8.75 Å². The van der Waals surface area contributed by atoms with E-state index in [1.54, 1.807) is 7.05 Å². The number of rotatable bonds is 2. The van der Waals surface area contributed by atoms with Gasteiger partial charge in [-0.25, -0.2) is 0 Å². The third kappa shape index (κ3) is 1.54. The normalized spacial score (nSPS) is 13.3. The average molecular weight is 210 g/mol. The van der Waals surface area contributed by atoms with Crippen LogP contribution in [0.15, 0.2) is 4.79 Å². The molecule has 0 spiro atoms. The quantitative estimate of drug-likeness (QED) is 0.728. The number of aromatic nitrogens is 1. The topological polar surface area (TPSA) is 62.5 Å². The summed E-state index contributed by atoms with van der Waals surface area (Å²) in [6.07, 6.45) is -1.18. The molecule has 1 aromatic rings. The van der Waals surface area contributed by atoms with Crippen molar-refractivity contribution in [2.24, 2.45) is 7.05 Å². The van der Waals surface area contributed by atoms with Gasteiger partial charge in [0.2, 0.25) is 0 Å². The first-order valence-corrected chi connectivity index (χ1v) is 4.37. The SMILES string of the molecule is Cn1sc(Cl)c(C(O)CO)c1=O. The van der Waals surface area contributed by atoms with Crippen LogP contribution in [0, 0.1) is 0 Å². The summed E-state index contributed by atoms with van der Waals surface area (Å²) in [7, 11) is 1.55. The highest BCUT2D eigenvalue weighted by Crippen LogP contribution is 2.23. The van der Waals surface area contributed by atoms with Gasteiger partial charge in [-0.2, -0.15) is 0 Å². The van der Waals surface area contributed by atoms with Gasteiger partial charge in [0.05, 0.1) is 12.2 Å². The fourth-order valence-corrected chi connectivity index (χ4v) is 2.09. The van der Waals surface area contributed by atoms with Crippen LogP contribution in [0.5, 0.6) is 0 Å². The van der Waals surface area contributed by atoms with E-state index in [0.29, 0.717) is 0 Å². The Morgan fingerprint density at radius 1 is 1.75 bits per heavy atom. The van der Waals surface area contributed by atoms with E-state index in [1.807, 2.05) is 0 Å². The van der Waals surface area contributed by atoms with Gasteiger partial charge < -0.3 is 10.2 Å². The Morgan fingerprint density at radius 2 is 2.33 bits per heavy atom. The number of nitrogens with zero attached hydrogens (tertiary/aromatic N) is 1. The summed E-state index contributed by atoms with van der Waals surface area (Å²) in [5, 5.41) is 17.8. The minimum Gasteiger partial charge on any atom is -0.393 e. The molecule has 1 aromatic heterocycles. The minimum absolute atomic E-state index is 0.0756. The van der Waals surface area contributed by atoms with Crippen LogP contribution in [0.2, 0.25) is 4.34 Å². The van der Waals surface area contributed by atoms with E-state index in [2.05, 4.69) is 0 Å². The van der Waals surface area contributed by atoms with Crippen molar-refractivity contribution in [3.8, 4) is 0 Å². The molecule has 0 bridgehead atoms. The molecular weight excluding hydrogens is 202 g/mol. The largest absolute Gasteiger partial charge is 0.393 e. The Hall–Kier alpha value is -0.360. The molecule has 12 heavy (non-hydrogen) atoms. The molecule has 0 radical (unpaired) electrons. The van der Waals surface area contributed by atoms with E-state index < -0.39 is 12.7 Å². The summed E-state index contributed by atoms with van der Waals surface area (Å²) in [4.78, 5) is 11.2. The van der Waals surface area contributed by atoms with Crippen molar-refractivity contribution >= 4 is 23.1 Å². The lowest BCUT2D eigenvalue weighted by Crippen LogP contribution is -2.18. The number of aliphatic hydroxyl groups is 2.